The maximum absolute atomic E-state index is 13.2. The molecule has 0 amide bonds. The summed E-state index contributed by atoms with van der Waals surface area (Å²) in [6, 6.07) is 7.29. The molecule has 2 aromatic rings. The zero-order valence-corrected chi connectivity index (χ0v) is 15.1. The zero-order chi connectivity index (χ0) is 19.8. The molecule has 0 aromatic heterocycles. The topological polar surface area (TPSA) is 61.8 Å². The minimum absolute atomic E-state index is 0.0833. The lowest BCUT2D eigenvalue weighted by atomic mass is 10.1. The number of hydrogen-bond acceptors (Lipinski definition) is 5. The van der Waals surface area contributed by atoms with Crippen molar-refractivity contribution < 1.29 is 32.6 Å². The highest BCUT2D eigenvalue weighted by atomic mass is 19.2. The molecule has 0 fully saturated rings. The molecule has 144 valence electrons. The Balaban J connectivity index is 2.05. The lowest BCUT2D eigenvalue weighted by Crippen LogP contribution is -2.15. The fourth-order valence-electron chi connectivity index (χ4n) is 2.20. The van der Waals surface area contributed by atoms with E-state index in [2.05, 4.69) is 0 Å². The lowest BCUT2D eigenvalue weighted by Gasteiger charge is -2.12. The highest BCUT2D eigenvalue weighted by molar-refractivity contribution is 5.99. The van der Waals surface area contributed by atoms with Crippen LogP contribution >= 0.6 is 0 Å². The van der Waals surface area contributed by atoms with Crippen molar-refractivity contribution in [3.8, 4) is 11.5 Å². The van der Waals surface area contributed by atoms with Crippen molar-refractivity contribution >= 4 is 11.8 Å². The number of hydrogen-bond donors (Lipinski definition) is 0. The van der Waals surface area contributed by atoms with Crippen LogP contribution in [0.2, 0.25) is 0 Å². The fraction of sp³-hybridized carbons (Fsp3) is 0.300. The average molecular weight is 378 g/mol. The predicted octanol–water partition coefficient (Wildman–Crippen LogP) is 4.19. The SMILES string of the molecule is CCCOc1ccc(C(=O)OCC(=O)c2ccc(F)c(F)c2)cc1OCC. The molecule has 0 aliphatic rings. The van der Waals surface area contributed by atoms with E-state index >= 15 is 0 Å². The van der Waals surface area contributed by atoms with Gasteiger partial charge in [0.1, 0.15) is 0 Å². The Kier molecular flexibility index (Phi) is 7.28. The second kappa shape index (κ2) is 9.66. The monoisotopic (exact) mass is 378 g/mol. The molecule has 0 atom stereocenters. The molecule has 0 aliphatic heterocycles. The molecule has 2 rings (SSSR count). The first-order valence-electron chi connectivity index (χ1n) is 8.51. The number of ether oxygens (including phenoxy) is 3. The molecular weight excluding hydrogens is 358 g/mol. The van der Waals surface area contributed by atoms with E-state index in [9.17, 15) is 18.4 Å². The van der Waals surface area contributed by atoms with Crippen LogP contribution in [0.3, 0.4) is 0 Å². The van der Waals surface area contributed by atoms with Crippen LogP contribution in [0.4, 0.5) is 8.78 Å². The summed E-state index contributed by atoms with van der Waals surface area (Å²) in [5, 5.41) is 0. The summed E-state index contributed by atoms with van der Waals surface area (Å²) in [6.45, 7) is 4.06. The molecule has 0 radical (unpaired) electrons. The number of carbonyl (C=O) groups excluding carboxylic acids is 2. The molecule has 0 saturated heterocycles. The molecule has 5 nitrogen and oxygen atoms in total. The molecule has 0 bridgehead atoms. The van der Waals surface area contributed by atoms with Gasteiger partial charge in [-0.25, -0.2) is 13.6 Å². The Bertz CT molecular complexity index is 820. The van der Waals surface area contributed by atoms with Crippen molar-refractivity contribution in [1.82, 2.24) is 0 Å². The van der Waals surface area contributed by atoms with Gasteiger partial charge in [-0.1, -0.05) is 6.92 Å². The van der Waals surface area contributed by atoms with Crippen LogP contribution in [0.1, 0.15) is 41.0 Å². The van der Waals surface area contributed by atoms with Gasteiger partial charge in [0.2, 0.25) is 0 Å². The van der Waals surface area contributed by atoms with E-state index in [0.717, 1.165) is 24.6 Å². The summed E-state index contributed by atoms with van der Waals surface area (Å²) in [4.78, 5) is 24.2. The van der Waals surface area contributed by atoms with Crippen molar-refractivity contribution in [3.63, 3.8) is 0 Å². The average Bonchev–Trinajstić information content (AvgIpc) is 2.67. The summed E-state index contributed by atoms with van der Waals surface area (Å²) in [5.74, 6) is -2.68. The van der Waals surface area contributed by atoms with Crippen molar-refractivity contribution in [2.45, 2.75) is 20.3 Å². The van der Waals surface area contributed by atoms with E-state index in [1.807, 2.05) is 6.92 Å². The summed E-state index contributed by atoms with van der Waals surface area (Å²) >= 11 is 0. The van der Waals surface area contributed by atoms with Crippen molar-refractivity contribution in [2.24, 2.45) is 0 Å². The molecule has 27 heavy (non-hydrogen) atoms. The third-order valence-electron chi connectivity index (χ3n) is 3.52. The standard InChI is InChI=1S/C20H20F2O5/c1-3-9-26-18-8-6-14(11-19(18)25-4-2)20(24)27-12-17(23)13-5-7-15(21)16(22)10-13/h5-8,10-11H,3-4,9,12H2,1-2H3. The van der Waals surface area contributed by atoms with E-state index in [1.54, 1.807) is 13.0 Å². The highest BCUT2D eigenvalue weighted by Gasteiger charge is 2.16. The molecule has 0 heterocycles. The van der Waals surface area contributed by atoms with Crippen LogP contribution in [0.5, 0.6) is 11.5 Å². The summed E-state index contributed by atoms with van der Waals surface area (Å²) < 4.78 is 42.1. The fourth-order valence-corrected chi connectivity index (χ4v) is 2.20. The van der Waals surface area contributed by atoms with Crippen LogP contribution in [0.25, 0.3) is 0 Å². The molecule has 2 aromatic carbocycles. The van der Waals surface area contributed by atoms with Gasteiger partial charge in [-0.15, -0.1) is 0 Å². The molecule has 0 saturated carbocycles. The second-order valence-corrected chi connectivity index (χ2v) is 5.57. The minimum atomic E-state index is -1.14. The Morgan fingerprint density at radius 2 is 1.63 bits per heavy atom. The van der Waals surface area contributed by atoms with Gasteiger partial charge in [-0.05, 0) is 49.7 Å². The van der Waals surface area contributed by atoms with Crippen molar-refractivity contribution in [1.29, 1.82) is 0 Å². The molecular formula is C20H20F2O5. The van der Waals surface area contributed by atoms with E-state index in [0.29, 0.717) is 24.7 Å². The number of rotatable bonds is 9. The van der Waals surface area contributed by atoms with Crippen LogP contribution in [0.15, 0.2) is 36.4 Å². The summed E-state index contributed by atoms with van der Waals surface area (Å²) in [5.41, 5.74) is 0.0976. The van der Waals surface area contributed by atoms with E-state index in [4.69, 9.17) is 14.2 Å². The van der Waals surface area contributed by atoms with Gasteiger partial charge in [0.25, 0.3) is 0 Å². The maximum Gasteiger partial charge on any atom is 0.338 e. The van der Waals surface area contributed by atoms with E-state index in [-0.39, 0.29) is 11.1 Å². The Morgan fingerprint density at radius 3 is 2.30 bits per heavy atom. The van der Waals surface area contributed by atoms with E-state index < -0.39 is 30.0 Å². The van der Waals surface area contributed by atoms with Crippen LogP contribution in [-0.4, -0.2) is 31.6 Å². The van der Waals surface area contributed by atoms with Gasteiger partial charge in [-0.3, -0.25) is 4.79 Å². The number of carbonyl (C=O) groups is 2. The first kappa shape index (κ1) is 20.4. The number of Topliss-reactive ketones (excluding diaryl/α,β-unsaturated/α-hetero) is 1. The number of ketones is 1. The van der Waals surface area contributed by atoms with Crippen LogP contribution in [-0.2, 0) is 4.74 Å². The largest absolute Gasteiger partial charge is 0.490 e. The van der Waals surface area contributed by atoms with Gasteiger partial charge >= 0.3 is 5.97 Å². The van der Waals surface area contributed by atoms with E-state index in [1.165, 1.54) is 12.1 Å². The highest BCUT2D eigenvalue weighted by Crippen LogP contribution is 2.29. The first-order valence-corrected chi connectivity index (χ1v) is 8.51. The number of halogens is 2. The third kappa shape index (κ3) is 5.51. The maximum atomic E-state index is 13.2. The Hall–Kier alpha value is -2.96. The first-order chi connectivity index (χ1) is 13.0. The van der Waals surface area contributed by atoms with Crippen LogP contribution in [0, 0.1) is 11.6 Å². The van der Waals surface area contributed by atoms with Crippen LogP contribution < -0.4 is 9.47 Å². The van der Waals surface area contributed by atoms with Crippen molar-refractivity contribution in [2.75, 3.05) is 19.8 Å². The van der Waals surface area contributed by atoms with Gasteiger partial charge < -0.3 is 14.2 Å². The normalized spacial score (nSPS) is 10.4. The lowest BCUT2D eigenvalue weighted by molar-refractivity contribution is 0.0474. The number of benzene rings is 2. The third-order valence-corrected chi connectivity index (χ3v) is 3.52. The predicted molar refractivity (Wildman–Crippen MR) is 94.4 cm³/mol. The Morgan fingerprint density at radius 1 is 0.889 bits per heavy atom. The zero-order valence-electron chi connectivity index (χ0n) is 15.1. The molecule has 0 N–H and O–H groups in total. The summed E-state index contributed by atoms with van der Waals surface area (Å²) in [7, 11) is 0. The number of esters is 1. The quantitative estimate of drug-likeness (QED) is 0.484. The van der Waals surface area contributed by atoms with Gasteiger partial charge in [0.15, 0.2) is 35.5 Å². The summed E-state index contributed by atoms with van der Waals surface area (Å²) in [6.07, 6.45) is 0.821. The van der Waals surface area contributed by atoms with Gasteiger partial charge in [0, 0.05) is 5.56 Å². The minimum Gasteiger partial charge on any atom is -0.490 e. The van der Waals surface area contributed by atoms with Gasteiger partial charge in [0.05, 0.1) is 18.8 Å². The molecule has 7 heteroatoms. The smallest absolute Gasteiger partial charge is 0.338 e. The second-order valence-electron chi connectivity index (χ2n) is 5.57. The molecule has 0 aliphatic carbocycles. The molecule has 0 spiro atoms. The Labute approximate surface area is 155 Å². The molecule has 0 unspecified atom stereocenters. The van der Waals surface area contributed by atoms with Gasteiger partial charge in [-0.2, -0.15) is 0 Å². The van der Waals surface area contributed by atoms with Crippen molar-refractivity contribution in [3.05, 3.63) is 59.2 Å².